The van der Waals surface area contributed by atoms with E-state index in [0.717, 1.165) is 16.2 Å². The SMILES string of the molecule is N#CC[C@H](NP(=S)(c1ccccc1)c1ccccc1)c1ccc2ccccc2c1. The molecule has 0 amide bonds. The number of benzene rings is 4. The van der Waals surface area contributed by atoms with Gasteiger partial charge in [0.2, 0.25) is 0 Å². The van der Waals surface area contributed by atoms with E-state index in [1.165, 1.54) is 10.8 Å². The molecule has 1 N–H and O–H groups in total. The first-order chi connectivity index (χ1) is 14.2. The molecule has 4 heteroatoms. The minimum absolute atomic E-state index is 0.143. The highest BCUT2D eigenvalue weighted by atomic mass is 32.4. The van der Waals surface area contributed by atoms with Gasteiger partial charge in [-0.2, -0.15) is 5.26 Å². The zero-order chi connectivity index (χ0) is 20.1. The van der Waals surface area contributed by atoms with Crippen LogP contribution in [0.4, 0.5) is 0 Å². The predicted octanol–water partition coefficient (Wildman–Crippen LogP) is 5.43. The lowest BCUT2D eigenvalue weighted by molar-refractivity contribution is 0.690. The first-order valence-electron chi connectivity index (χ1n) is 9.55. The average molecular weight is 412 g/mol. The molecular formula is C25H21N2PS. The number of hydrogen-bond donors (Lipinski definition) is 1. The highest BCUT2D eigenvalue weighted by Crippen LogP contribution is 2.43. The van der Waals surface area contributed by atoms with Gasteiger partial charge in [-0.15, -0.1) is 0 Å². The highest BCUT2D eigenvalue weighted by molar-refractivity contribution is 8.20. The van der Waals surface area contributed by atoms with Crippen molar-refractivity contribution in [2.75, 3.05) is 0 Å². The van der Waals surface area contributed by atoms with Crippen LogP contribution in [0.15, 0.2) is 103 Å². The maximum absolute atomic E-state index is 9.54. The smallest absolute Gasteiger partial charge is 0.0689 e. The molecule has 0 unspecified atom stereocenters. The summed E-state index contributed by atoms with van der Waals surface area (Å²) < 4.78 is 0. The number of nitrogens with one attached hydrogen (secondary N) is 1. The number of hydrogen-bond acceptors (Lipinski definition) is 2. The van der Waals surface area contributed by atoms with Gasteiger partial charge in [0.05, 0.1) is 18.7 Å². The highest BCUT2D eigenvalue weighted by Gasteiger charge is 2.26. The van der Waals surface area contributed by atoms with Crippen LogP contribution in [-0.2, 0) is 11.8 Å². The van der Waals surface area contributed by atoms with E-state index < -0.39 is 6.19 Å². The molecule has 4 aromatic carbocycles. The summed E-state index contributed by atoms with van der Waals surface area (Å²) in [6.07, 6.45) is -1.95. The molecule has 0 spiro atoms. The van der Waals surface area contributed by atoms with Crippen molar-refractivity contribution in [3.63, 3.8) is 0 Å². The van der Waals surface area contributed by atoms with Crippen molar-refractivity contribution in [3.05, 3.63) is 109 Å². The van der Waals surface area contributed by atoms with Crippen molar-refractivity contribution in [3.8, 4) is 6.07 Å². The molecule has 4 aromatic rings. The van der Waals surface area contributed by atoms with E-state index >= 15 is 0 Å². The Labute approximate surface area is 176 Å². The number of nitrogens with zero attached hydrogens (tertiary/aromatic N) is 1. The lowest BCUT2D eigenvalue weighted by Gasteiger charge is -2.29. The van der Waals surface area contributed by atoms with Crippen molar-refractivity contribution >= 4 is 39.4 Å². The van der Waals surface area contributed by atoms with Gasteiger partial charge >= 0.3 is 0 Å². The van der Waals surface area contributed by atoms with E-state index in [1.807, 2.05) is 48.5 Å². The molecule has 0 aliphatic rings. The molecule has 0 fully saturated rings. The van der Waals surface area contributed by atoms with E-state index in [4.69, 9.17) is 11.8 Å². The average Bonchev–Trinajstić information content (AvgIpc) is 2.79. The standard InChI is InChI=1S/C25H21N2PS/c26-18-17-25(22-16-15-20-9-7-8-10-21(20)19-22)27-28(29,23-11-3-1-4-12-23)24-13-5-2-6-14-24/h1-16,19,25H,17H2,(H,27,29)/t25-/m0/s1. The topological polar surface area (TPSA) is 35.8 Å². The summed E-state index contributed by atoms with van der Waals surface area (Å²) in [6.45, 7) is 0. The van der Waals surface area contributed by atoms with Gasteiger partial charge in [0.1, 0.15) is 0 Å². The van der Waals surface area contributed by atoms with Gasteiger partial charge in [-0.1, -0.05) is 109 Å². The Balaban J connectivity index is 1.79. The summed E-state index contributed by atoms with van der Waals surface area (Å²) in [5.74, 6) is 0. The third kappa shape index (κ3) is 4.16. The molecular weight excluding hydrogens is 391 g/mol. The van der Waals surface area contributed by atoms with Crippen LogP contribution < -0.4 is 15.7 Å². The fourth-order valence-electron chi connectivity index (χ4n) is 3.55. The zero-order valence-electron chi connectivity index (χ0n) is 15.9. The van der Waals surface area contributed by atoms with E-state index in [9.17, 15) is 5.26 Å². The molecule has 0 heterocycles. The fourth-order valence-corrected chi connectivity index (χ4v) is 7.12. The first-order valence-corrected chi connectivity index (χ1v) is 12.4. The van der Waals surface area contributed by atoms with Crippen molar-refractivity contribution in [1.82, 2.24) is 5.09 Å². The third-order valence-corrected chi connectivity index (χ3v) is 9.36. The number of nitriles is 1. The predicted molar refractivity (Wildman–Crippen MR) is 126 cm³/mol. The molecule has 29 heavy (non-hydrogen) atoms. The van der Waals surface area contributed by atoms with Gasteiger partial charge < -0.3 is 0 Å². The van der Waals surface area contributed by atoms with E-state index in [2.05, 4.69) is 65.8 Å². The zero-order valence-corrected chi connectivity index (χ0v) is 17.6. The van der Waals surface area contributed by atoms with Gasteiger partial charge in [0.15, 0.2) is 0 Å². The number of fused-ring (bicyclic) bond motifs is 1. The monoisotopic (exact) mass is 412 g/mol. The second-order valence-electron chi connectivity index (χ2n) is 6.93. The Morgan fingerprint density at radius 2 is 1.31 bits per heavy atom. The van der Waals surface area contributed by atoms with Crippen molar-refractivity contribution in [2.24, 2.45) is 0 Å². The molecule has 1 atom stereocenters. The minimum Gasteiger partial charge on any atom is -0.274 e. The summed E-state index contributed by atoms with van der Waals surface area (Å²) in [5.41, 5.74) is 1.09. The molecule has 0 aliphatic heterocycles. The van der Waals surface area contributed by atoms with Crippen LogP contribution in [0.5, 0.6) is 0 Å². The van der Waals surface area contributed by atoms with Crippen molar-refractivity contribution in [2.45, 2.75) is 12.5 Å². The Hall–Kier alpha value is -2.76. The Morgan fingerprint density at radius 3 is 1.90 bits per heavy atom. The fraction of sp³-hybridized carbons (Fsp3) is 0.0800. The second-order valence-corrected chi connectivity index (χ2v) is 11.1. The summed E-state index contributed by atoms with van der Waals surface area (Å²) in [4.78, 5) is 0. The molecule has 0 radical (unpaired) electrons. The molecule has 0 bridgehead atoms. The summed E-state index contributed by atoms with van der Waals surface area (Å²) in [7, 11) is 0. The summed E-state index contributed by atoms with van der Waals surface area (Å²) >= 11 is 6.31. The Morgan fingerprint density at radius 1 is 0.759 bits per heavy atom. The van der Waals surface area contributed by atoms with Gasteiger partial charge in [-0.25, -0.2) is 0 Å². The first kappa shape index (κ1) is 19.6. The van der Waals surface area contributed by atoms with E-state index in [0.29, 0.717) is 6.42 Å². The van der Waals surface area contributed by atoms with Crippen LogP contribution in [0.2, 0.25) is 0 Å². The van der Waals surface area contributed by atoms with Crippen LogP contribution in [0, 0.1) is 11.3 Å². The largest absolute Gasteiger partial charge is 0.274 e. The Bertz CT molecular complexity index is 1160. The molecule has 142 valence electrons. The quantitative estimate of drug-likeness (QED) is 0.429. The van der Waals surface area contributed by atoms with Crippen LogP contribution >= 0.6 is 6.19 Å². The maximum atomic E-state index is 9.54. The molecule has 0 saturated heterocycles. The second kappa shape index (κ2) is 8.72. The van der Waals surface area contributed by atoms with E-state index in [-0.39, 0.29) is 6.04 Å². The number of rotatable bonds is 6. The molecule has 0 aromatic heterocycles. The van der Waals surface area contributed by atoms with Crippen LogP contribution in [0.25, 0.3) is 10.8 Å². The summed E-state index contributed by atoms with van der Waals surface area (Å²) in [6, 6.07) is 37.3. The molecule has 0 aliphatic carbocycles. The van der Waals surface area contributed by atoms with Gasteiger partial charge in [-0.3, -0.25) is 5.09 Å². The minimum atomic E-state index is -2.30. The van der Waals surface area contributed by atoms with Gasteiger partial charge in [0, 0.05) is 16.7 Å². The van der Waals surface area contributed by atoms with Crippen LogP contribution in [0.1, 0.15) is 18.0 Å². The molecule has 4 rings (SSSR count). The van der Waals surface area contributed by atoms with Gasteiger partial charge in [0.25, 0.3) is 0 Å². The Kier molecular flexibility index (Phi) is 5.88. The lowest BCUT2D eigenvalue weighted by Crippen LogP contribution is -2.30. The van der Waals surface area contributed by atoms with Gasteiger partial charge in [-0.05, 0) is 22.4 Å². The van der Waals surface area contributed by atoms with Crippen LogP contribution in [-0.4, -0.2) is 0 Å². The van der Waals surface area contributed by atoms with Crippen molar-refractivity contribution < 1.29 is 0 Å². The van der Waals surface area contributed by atoms with E-state index in [1.54, 1.807) is 0 Å². The van der Waals surface area contributed by atoms with Crippen LogP contribution in [0.3, 0.4) is 0 Å². The third-order valence-electron chi connectivity index (χ3n) is 5.05. The normalized spacial score (nSPS) is 12.4. The summed E-state index contributed by atoms with van der Waals surface area (Å²) in [5, 5.41) is 17.9. The van der Waals surface area contributed by atoms with Crippen molar-refractivity contribution in [1.29, 1.82) is 5.26 Å². The molecule has 0 saturated carbocycles. The lowest BCUT2D eigenvalue weighted by atomic mass is 10.0. The molecule has 2 nitrogen and oxygen atoms in total. The maximum Gasteiger partial charge on any atom is 0.0689 e.